The van der Waals surface area contributed by atoms with E-state index in [4.69, 9.17) is 0 Å². The summed E-state index contributed by atoms with van der Waals surface area (Å²) >= 11 is 0. The molecule has 64 valence electrons. The average molecular weight is 307 g/mol. The fourth-order valence-electron chi connectivity index (χ4n) is 0.574. The third kappa shape index (κ3) is 4.34. The zero-order chi connectivity index (χ0) is 6.69. The van der Waals surface area contributed by atoms with Gasteiger partial charge in [0.15, 0.2) is 0 Å². The molecule has 4 heteroatoms. The minimum Gasteiger partial charge on any atom is -1.00 e. The number of carboxylic acid groups (broad SMARTS) is 1. The molecular formula is C7H5ErFO2. The first-order valence-corrected chi connectivity index (χ1v) is 2.57. The third-order valence-corrected chi connectivity index (χ3v) is 1.01. The molecule has 11 heavy (non-hydrogen) atoms. The van der Waals surface area contributed by atoms with E-state index in [1.54, 1.807) is 18.2 Å². The zero-order valence-corrected chi connectivity index (χ0v) is 7.22. The first-order valence-electron chi connectivity index (χ1n) is 2.57. The van der Waals surface area contributed by atoms with E-state index in [0.29, 0.717) is 0 Å². The van der Waals surface area contributed by atoms with Gasteiger partial charge in [0.25, 0.3) is 0 Å². The van der Waals surface area contributed by atoms with E-state index in [9.17, 15) is 9.90 Å². The van der Waals surface area contributed by atoms with Crippen molar-refractivity contribution >= 4 is 5.97 Å². The van der Waals surface area contributed by atoms with Gasteiger partial charge in [0.05, 0.1) is 5.97 Å². The van der Waals surface area contributed by atoms with Gasteiger partial charge in [-0.05, 0) is 5.56 Å². The van der Waals surface area contributed by atoms with Crippen molar-refractivity contribution in [1.29, 1.82) is 0 Å². The second-order valence-electron chi connectivity index (χ2n) is 1.65. The van der Waals surface area contributed by atoms with Gasteiger partial charge in [-0.3, -0.25) is 0 Å². The summed E-state index contributed by atoms with van der Waals surface area (Å²) < 4.78 is 0. The molecule has 0 atom stereocenters. The van der Waals surface area contributed by atoms with Crippen molar-refractivity contribution in [3.8, 4) is 0 Å². The summed E-state index contributed by atoms with van der Waals surface area (Å²) in [5, 5.41) is 10.1. The Morgan fingerprint density at radius 2 is 1.64 bits per heavy atom. The number of carbonyl (C=O) groups is 1. The molecule has 2 nitrogen and oxygen atoms in total. The fraction of sp³-hybridized carbons (Fsp3) is 0. The van der Waals surface area contributed by atoms with Gasteiger partial charge in [-0.25, -0.2) is 0 Å². The summed E-state index contributed by atoms with van der Waals surface area (Å²) in [5.41, 5.74) is 0.220. The largest absolute Gasteiger partial charge is 2.00 e. The van der Waals surface area contributed by atoms with Crippen LogP contribution in [-0.4, -0.2) is 5.97 Å². The van der Waals surface area contributed by atoms with Gasteiger partial charge >= 0.3 is 37.3 Å². The molecule has 0 fully saturated rings. The summed E-state index contributed by atoms with van der Waals surface area (Å²) in [5.74, 6) is -1.13. The van der Waals surface area contributed by atoms with Gasteiger partial charge in [0.1, 0.15) is 0 Å². The molecule has 0 saturated heterocycles. The molecule has 1 aromatic rings. The van der Waals surface area contributed by atoms with Crippen LogP contribution >= 0.6 is 0 Å². The molecule has 0 aliphatic carbocycles. The maximum atomic E-state index is 10.1. The van der Waals surface area contributed by atoms with Crippen LogP contribution in [0.5, 0.6) is 0 Å². The van der Waals surface area contributed by atoms with Crippen molar-refractivity contribution in [3.05, 3.63) is 35.9 Å². The van der Waals surface area contributed by atoms with Gasteiger partial charge in [0, 0.05) is 0 Å². The summed E-state index contributed by atoms with van der Waals surface area (Å²) in [6, 6.07) is 8.06. The molecule has 0 bridgehead atoms. The topological polar surface area (TPSA) is 40.1 Å². The van der Waals surface area contributed by atoms with Gasteiger partial charge in [-0.2, -0.15) is 0 Å². The number of hydrogen-bond acceptors (Lipinski definition) is 2. The van der Waals surface area contributed by atoms with Crippen LogP contribution in [-0.2, 0) is 0 Å². The number of hydrogen-bond donors (Lipinski definition) is 0. The molecule has 0 aromatic heterocycles. The predicted molar refractivity (Wildman–Crippen MR) is 30.8 cm³/mol. The molecule has 0 spiro atoms. The summed E-state index contributed by atoms with van der Waals surface area (Å²) in [6.07, 6.45) is 0. The minimum atomic E-state index is -1.13. The summed E-state index contributed by atoms with van der Waals surface area (Å²) in [6.45, 7) is 0. The zero-order valence-electron chi connectivity index (χ0n) is 5.37. The van der Waals surface area contributed by atoms with Crippen molar-refractivity contribution in [1.82, 2.24) is 0 Å². The Balaban J connectivity index is 0. The van der Waals surface area contributed by atoms with Crippen LogP contribution in [0.25, 0.3) is 0 Å². The Hall–Kier alpha value is -0.133. The summed E-state index contributed by atoms with van der Waals surface area (Å²) in [7, 11) is 0. The van der Waals surface area contributed by atoms with E-state index >= 15 is 0 Å². The molecule has 0 aliphatic heterocycles. The number of benzene rings is 1. The molecule has 0 saturated carbocycles. The van der Waals surface area contributed by atoms with Crippen LogP contribution in [0.4, 0.5) is 0 Å². The van der Waals surface area contributed by atoms with Crippen molar-refractivity contribution in [2.75, 3.05) is 0 Å². The Morgan fingerprint density at radius 1 is 1.18 bits per heavy atom. The van der Waals surface area contributed by atoms with Crippen LogP contribution in [0, 0.1) is 37.3 Å². The second kappa shape index (κ2) is 6.57. The van der Waals surface area contributed by atoms with E-state index in [1.807, 2.05) is 0 Å². The number of rotatable bonds is 1. The van der Waals surface area contributed by atoms with Gasteiger partial charge in [-0.1, -0.05) is 30.3 Å². The molecule has 0 unspecified atom stereocenters. The van der Waals surface area contributed by atoms with E-state index in [0.717, 1.165) is 0 Å². The van der Waals surface area contributed by atoms with Crippen LogP contribution < -0.4 is 9.81 Å². The quantitative estimate of drug-likeness (QED) is 0.557. The van der Waals surface area contributed by atoms with E-state index in [1.165, 1.54) is 12.1 Å². The molecule has 1 rings (SSSR count). The SMILES string of the molecule is O=C([O-])c1ccccc1.[Er+2].[F-]. The number of carboxylic acids is 1. The van der Waals surface area contributed by atoms with E-state index < -0.39 is 5.97 Å². The van der Waals surface area contributed by atoms with Gasteiger partial charge < -0.3 is 14.6 Å². The second-order valence-corrected chi connectivity index (χ2v) is 1.65. The summed E-state index contributed by atoms with van der Waals surface area (Å²) in [4.78, 5) is 10.1. The average Bonchev–Trinajstić information content (AvgIpc) is 1.90. The van der Waals surface area contributed by atoms with E-state index in [-0.39, 0.29) is 47.6 Å². The molecule has 0 aliphatic rings. The van der Waals surface area contributed by atoms with Crippen LogP contribution in [0.2, 0.25) is 0 Å². The standard InChI is InChI=1S/C7H6O2.Er.FH/c8-7(9)6-4-2-1-3-5-6;;/h1-5H,(H,8,9);;1H/q;+2;/p-2. The van der Waals surface area contributed by atoms with Crippen molar-refractivity contribution in [2.24, 2.45) is 0 Å². The molecule has 0 heterocycles. The van der Waals surface area contributed by atoms with Crippen LogP contribution in [0.1, 0.15) is 10.4 Å². The van der Waals surface area contributed by atoms with Crippen LogP contribution in [0.15, 0.2) is 30.3 Å². The van der Waals surface area contributed by atoms with Gasteiger partial charge in [-0.15, -0.1) is 0 Å². The normalized spacial score (nSPS) is 7.27. The van der Waals surface area contributed by atoms with Crippen molar-refractivity contribution in [2.45, 2.75) is 0 Å². The minimum absolute atomic E-state index is 0. The number of carbonyl (C=O) groups excluding carboxylic acids is 1. The molecular weight excluding hydrogens is 302 g/mol. The number of halogens is 1. The molecule has 1 aromatic carbocycles. The first-order chi connectivity index (χ1) is 4.30. The van der Waals surface area contributed by atoms with Gasteiger partial charge in [0.2, 0.25) is 0 Å². The first kappa shape index (κ1) is 13.5. The van der Waals surface area contributed by atoms with E-state index in [2.05, 4.69) is 0 Å². The molecule has 0 radical (unpaired) electrons. The molecule has 0 N–H and O–H groups in total. The predicted octanol–water partition coefficient (Wildman–Crippen LogP) is -2.95. The van der Waals surface area contributed by atoms with Crippen molar-refractivity contribution in [3.63, 3.8) is 0 Å². The monoisotopic (exact) mass is 306 g/mol. The van der Waals surface area contributed by atoms with Crippen molar-refractivity contribution < 1.29 is 51.9 Å². The Kier molecular flexibility index (Phi) is 8.04. The Morgan fingerprint density at radius 3 is 1.91 bits per heavy atom. The number of aromatic carboxylic acids is 1. The maximum Gasteiger partial charge on any atom is 2.00 e. The molecule has 0 amide bonds. The maximum absolute atomic E-state index is 10.1. The third-order valence-electron chi connectivity index (χ3n) is 1.01. The Bertz CT molecular complexity index is 213. The fourth-order valence-corrected chi connectivity index (χ4v) is 0.574. The Labute approximate surface area is 93.2 Å². The van der Waals surface area contributed by atoms with Crippen LogP contribution in [0.3, 0.4) is 0 Å². The smallest absolute Gasteiger partial charge is 1.00 e.